The lowest BCUT2D eigenvalue weighted by Crippen LogP contribution is -2.34. The Bertz CT molecular complexity index is 499. The highest BCUT2D eigenvalue weighted by Gasteiger charge is 2.33. The molecule has 3 rings (SSSR count). The molecule has 0 radical (unpaired) electrons. The van der Waals surface area contributed by atoms with Crippen molar-refractivity contribution < 1.29 is 4.52 Å². The molecule has 0 aromatic carbocycles. The minimum absolute atomic E-state index is 0.323. The van der Waals surface area contributed by atoms with E-state index in [2.05, 4.69) is 27.4 Å². The molecule has 0 spiro atoms. The van der Waals surface area contributed by atoms with Crippen LogP contribution in [0.5, 0.6) is 0 Å². The first-order chi connectivity index (χ1) is 8.88. The van der Waals surface area contributed by atoms with Crippen molar-refractivity contribution in [3.05, 3.63) is 17.6 Å². The van der Waals surface area contributed by atoms with Gasteiger partial charge < -0.3 is 9.84 Å². The van der Waals surface area contributed by atoms with Gasteiger partial charge in [-0.25, -0.2) is 0 Å². The molecule has 2 aromatic heterocycles. The number of thiazole rings is 1. The number of nitrogens with one attached hydrogen (secondary N) is 1. The molecule has 0 aliphatic carbocycles. The molecule has 18 heavy (non-hydrogen) atoms. The first-order valence-corrected chi connectivity index (χ1v) is 7.95. The summed E-state index contributed by atoms with van der Waals surface area (Å²) in [5.41, 5.74) is 1.78. The van der Waals surface area contributed by atoms with Crippen molar-refractivity contribution in [2.45, 2.75) is 18.9 Å². The highest BCUT2D eigenvalue weighted by atomic mass is 32.2. The van der Waals surface area contributed by atoms with Gasteiger partial charge in [-0.2, -0.15) is 16.7 Å². The first-order valence-electron chi connectivity index (χ1n) is 5.92. The standard InChI is InChI=1S/C11H14N4OS2/c1-2-13-8-5-17-4-7(8)11-14-10(15-16-11)9-3-12-6-18-9/h3,6-8,13H,2,4-5H2,1H3. The smallest absolute Gasteiger partial charge is 0.232 e. The molecule has 1 aliphatic heterocycles. The number of aromatic nitrogens is 3. The molecule has 96 valence electrons. The Hall–Kier alpha value is -0.920. The van der Waals surface area contributed by atoms with Crippen LogP contribution in [-0.4, -0.2) is 39.2 Å². The lowest BCUT2D eigenvalue weighted by molar-refractivity contribution is 0.341. The van der Waals surface area contributed by atoms with Gasteiger partial charge in [-0.15, -0.1) is 11.3 Å². The molecule has 0 amide bonds. The average molecular weight is 282 g/mol. The lowest BCUT2D eigenvalue weighted by Gasteiger charge is -2.15. The Morgan fingerprint density at radius 2 is 2.44 bits per heavy atom. The third-order valence-electron chi connectivity index (χ3n) is 2.96. The largest absolute Gasteiger partial charge is 0.339 e. The number of hydrogen-bond donors (Lipinski definition) is 1. The van der Waals surface area contributed by atoms with Crippen molar-refractivity contribution in [2.24, 2.45) is 0 Å². The van der Waals surface area contributed by atoms with E-state index in [1.165, 1.54) is 11.3 Å². The molecule has 3 heterocycles. The molecular formula is C11H14N4OS2. The van der Waals surface area contributed by atoms with Crippen LogP contribution in [0, 0.1) is 0 Å². The maximum absolute atomic E-state index is 5.41. The zero-order valence-electron chi connectivity index (χ0n) is 10.00. The van der Waals surface area contributed by atoms with Crippen LogP contribution >= 0.6 is 23.1 Å². The number of hydrogen-bond acceptors (Lipinski definition) is 7. The lowest BCUT2D eigenvalue weighted by atomic mass is 10.0. The molecular weight excluding hydrogens is 268 g/mol. The average Bonchev–Trinajstić information content (AvgIpc) is 3.10. The summed E-state index contributed by atoms with van der Waals surface area (Å²) in [6.45, 7) is 3.09. The molecule has 1 aliphatic rings. The molecule has 2 atom stereocenters. The van der Waals surface area contributed by atoms with Gasteiger partial charge in [0, 0.05) is 23.7 Å². The van der Waals surface area contributed by atoms with E-state index in [1.54, 1.807) is 11.7 Å². The van der Waals surface area contributed by atoms with E-state index in [-0.39, 0.29) is 0 Å². The van der Waals surface area contributed by atoms with Crippen molar-refractivity contribution in [3.8, 4) is 10.7 Å². The highest BCUT2D eigenvalue weighted by Crippen LogP contribution is 2.33. The van der Waals surface area contributed by atoms with Gasteiger partial charge in [0.1, 0.15) is 0 Å². The molecule has 1 saturated heterocycles. The van der Waals surface area contributed by atoms with E-state index >= 15 is 0 Å². The second-order valence-electron chi connectivity index (χ2n) is 4.13. The second-order valence-corrected chi connectivity index (χ2v) is 6.09. The van der Waals surface area contributed by atoms with Crippen molar-refractivity contribution in [3.63, 3.8) is 0 Å². The highest BCUT2D eigenvalue weighted by molar-refractivity contribution is 7.99. The third kappa shape index (κ3) is 2.30. The molecule has 1 fully saturated rings. The zero-order chi connectivity index (χ0) is 12.4. The van der Waals surface area contributed by atoms with Crippen LogP contribution in [0.2, 0.25) is 0 Å². The summed E-state index contributed by atoms with van der Waals surface area (Å²) in [4.78, 5) is 9.49. The Morgan fingerprint density at radius 3 is 3.22 bits per heavy atom. The van der Waals surface area contributed by atoms with Gasteiger partial charge in [0.15, 0.2) is 0 Å². The van der Waals surface area contributed by atoms with Crippen LogP contribution in [0.3, 0.4) is 0 Å². The van der Waals surface area contributed by atoms with Gasteiger partial charge in [0.2, 0.25) is 11.7 Å². The van der Waals surface area contributed by atoms with Gasteiger partial charge >= 0.3 is 0 Å². The van der Waals surface area contributed by atoms with E-state index in [1.807, 2.05) is 11.8 Å². The fourth-order valence-corrected chi connectivity index (χ4v) is 3.99. The molecule has 0 bridgehead atoms. The van der Waals surface area contributed by atoms with Gasteiger partial charge in [0.05, 0.1) is 16.3 Å². The topological polar surface area (TPSA) is 63.8 Å². The number of rotatable bonds is 4. The summed E-state index contributed by atoms with van der Waals surface area (Å²) < 4.78 is 5.41. The fraction of sp³-hybridized carbons (Fsp3) is 0.545. The van der Waals surface area contributed by atoms with Crippen molar-refractivity contribution in [2.75, 3.05) is 18.1 Å². The Kier molecular flexibility index (Phi) is 3.62. The molecule has 2 aromatic rings. The van der Waals surface area contributed by atoms with Gasteiger partial charge in [0.25, 0.3) is 0 Å². The van der Waals surface area contributed by atoms with Crippen LogP contribution in [0.1, 0.15) is 18.7 Å². The second kappa shape index (κ2) is 5.38. The summed E-state index contributed by atoms with van der Waals surface area (Å²) in [7, 11) is 0. The maximum Gasteiger partial charge on any atom is 0.232 e. The van der Waals surface area contributed by atoms with Gasteiger partial charge in [-0.1, -0.05) is 12.1 Å². The van der Waals surface area contributed by atoms with Crippen molar-refractivity contribution in [1.82, 2.24) is 20.4 Å². The van der Waals surface area contributed by atoms with Gasteiger partial charge in [-0.05, 0) is 6.54 Å². The van der Waals surface area contributed by atoms with Crippen LogP contribution in [0.4, 0.5) is 0 Å². The van der Waals surface area contributed by atoms with Crippen LogP contribution in [0.25, 0.3) is 10.7 Å². The Morgan fingerprint density at radius 1 is 1.50 bits per heavy atom. The van der Waals surface area contributed by atoms with Crippen molar-refractivity contribution >= 4 is 23.1 Å². The monoisotopic (exact) mass is 282 g/mol. The maximum atomic E-state index is 5.41. The minimum atomic E-state index is 0.323. The van der Waals surface area contributed by atoms with E-state index < -0.39 is 0 Å². The molecule has 2 unspecified atom stereocenters. The Balaban J connectivity index is 1.80. The predicted octanol–water partition coefficient (Wildman–Crippen LogP) is 2.00. The van der Waals surface area contributed by atoms with Crippen LogP contribution in [0.15, 0.2) is 16.2 Å². The van der Waals surface area contributed by atoms with Crippen LogP contribution < -0.4 is 5.32 Å². The first kappa shape index (κ1) is 12.1. The minimum Gasteiger partial charge on any atom is -0.339 e. The third-order valence-corrected chi connectivity index (χ3v) is 4.92. The number of thioether (sulfide) groups is 1. The molecule has 1 N–H and O–H groups in total. The predicted molar refractivity (Wildman–Crippen MR) is 72.9 cm³/mol. The van der Waals surface area contributed by atoms with E-state index in [4.69, 9.17) is 4.52 Å². The fourth-order valence-electron chi connectivity index (χ4n) is 2.07. The molecule has 0 saturated carbocycles. The van der Waals surface area contributed by atoms with E-state index in [9.17, 15) is 0 Å². The summed E-state index contributed by atoms with van der Waals surface area (Å²) in [6, 6.07) is 0.440. The van der Waals surface area contributed by atoms with E-state index in [0.717, 1.165) is 28.8 Å². The zero-order valence-corrected chi connectivity index (χ0v) is 11.6. The Labute approximate surface area is 113 Å². The normalized spacial score (nSPS) is 23.6. The number of nitrogens with zero attached hydrogens (tertiary/aromatic N) is 3. The summed E-state index contributed by atoms with van der Waals surface area (Å²) in [5, 5.41) is 7.52. The molecule has 5 nitrogen and oxygen atoms in total. The summed E-state index contributed by atoms with van der Waals surface area (Å²) >= 11 is 3.46. The summed E-state index contributed by atoms with van der Waals surface area (Å²) in [6.07, 6.45) is 1.77. The van der Waals surface area contributed by atoms with E-state index in [0.29, 0.717) is 17.8 Å². The van der Waals surface area contributed by atoms with Crippen LogP contribution in [-0.2, 0) is 0 Å². The van der Waals surface area contributed by atoms with Gasteiger partial charge in [-0.3, -0.25) is 4.98 Å². The SMILES string of the molecule is CCNC1CSCC1c1nc(-c2cncs2)no1. The number of likely N-dealkylation sites (N-methyl/N-ethyl adjacent to an activating group) is 1. The summed E-state index contributed by atoms with van der Waals surface area (Å²) in [5.74, 6) is 3.87. The molecule has 7 heteroatoms. The van der Waals surface area contributed by atoms with Crippen molar-refractivity contribution in [1.29, 1.82) is 0 Å². The quantitative estimate of drug-likeness (QED) is 0.925.